The lowest BCUT2D eigenvalue weighted by Crippen LogP contribution is -2.39. The SMILES string of the molecule is CC[C@H](C)C(=O)O[C@H]1CCC=C2C=C[C@H](C)[C@H](/C=C/C(=O)C[C@@H](O)CC(=O)O)[C@H]21. The van der Waals surface area contributed by atoms with Crippen LogP contribution in [0.3, 0.4) is 0 Å². The molecule has 0 amide bonds. The Morgan fingerprint density at radius 2 is 2.03 bits per heavy atom. The lowest BCUT2D eigenvalue weighted by molar-refractivity contribution is -0.157. The molecule has 0 bridgehead atoms. The van der Waals surface area contributed by atoms with Crippen molar-refractivity contribution in [3.05, 3.63) is 36.0 Å². The molecule has 0 unspecified atom stereocenters. The third-order valence-corrected chi connectivity index (χ3v) is 5.86. The van der Waals surface area contributed by atoms with Crippen LogP contribution in [0.5, 0.6) is 0 Å². The summed E-state index contributed by atoms with van der Waals surface area (Å²) in [6.45, 7) is 5.89. The molecule has 0 spiro atoms. The van der Waals surface area contributed by atoms with Crippen molar-refractivity contribution < 1.29 is 29.3 Å². The molecule has 0 fully saturated rings. The summed E-state index contributed by atoms with van der Waals surface area (Å²) in [6.07, 6.45) is 9.85. The summed E-state index contributed by atoms with van der Waals surface area (Å²) in [4.78, 5) is 35.2. The van der Waals surface area contributed by atoms with Crippen molar-refractivity contribution in [2.45, 2.75) is 65.1 Å². The van der Waals surface area contributed by atoms with Crippen LogP contribution in [-0.4, -0.2) is 40.1 Å². The molecule has 2 aliphatic rings. The minimum absolute atomic E-state index is 0.00949. The molecule has 0 aromatic carbocycles. The van der Waals surface area contributed by atoms with Gasteiger partial charge in [-0.25, -0.2) is 0 Å². The minimum Gasteiger partial charge on any atom is -0.481 e. The highest BCUT2D eigenvalue weighted by atomic mass is 16.5. The minimum atomic E-state index is -1.19. The number of rotatable bonds is 9. The average Bonchev–Trinajstić information content (AvgIpc) is 2.66. The first-order valence-corrected chi connectivity index (χ1v) is 10.4. The number of carbonyl (C=O) groups excluding carboxylic acids is 2. The standard InChI is InChI=1S/C23H32O6/c1-4-14(2)23(28)29-20-7-5-6-16-9-8-15(3)19(22(16)20)11-10-17(24)12-18(25)13-21(26)27/h6,8-11,14-15,18-20,22,25H,4-5,7,12-13H2,1-3H3,(H,26,27)/b11-10+/t14-,15-,18+,19-,20-,22-/m0/s1. The topological polar surface area (TPSA) is 101 Å². The maximum Gasteiger partial charge on any atom is 0.308 e. The molecule has 0 aromatic rings. The van der Waals surface area contributed by atoms with Crippen LogP contribution in [-0.2, 0) is 19.1 Å². The Morgan fingerprint density at radius 1 is 1.31 bits per heavy atom. The van der Waals surface area contributed by atoms with E-state index in [9.17, 15) is 19.5 Å². The van der Waals surface area contributed by atoms with Crippen molar-refractivity contribution in [1.82, 2.24) is 0 Å². The second-order valence-electron chi connectivity index (χ2n) is 8.17. The van der Waals surface area contributed by atoms with Crippen molar-refractivity contribution >= 4 is 17.7 Å². The number of carbonyl (C=O) groups is 3. The van der Waals surface area contributed by atoms with E-state index in [1.54, 1.807) is 0 Å². The molecule has 0 aliphatic heterocycles. The molecular weight excluding hydrogens is 372 g/mol. The molecule has 0 radical (unpaired) electrons. The Kier molecular flexibility index (Phi) is 8.38. The van der Waals surface area contributed by atoms with Gasteiger partial charge in [0.25, 0.3) is 0 Å². The predicted octanol–water partition coefficient (Wildman–Crippen LogP) is 3.45. The molecule has 2 aliphatic carbocycles. The van der Waals surface area contributed by atoms with Crippen LogP contribution in [0, 0.1) is 23.7 Å². The number of ketones is 1. The van der Waals surface area contributed by atoms with Gasteiger partial charge in [-0.3, -0.25) is 14.4 Å². The van der Waals surface area contributed by atoms with E-state index in [4.69, 9.17) is 9.84 Å². The largest absolute Gasteiger partial charge is 0.481 e. The van der Waals surface area contributed by atoms with Crippen LogP contribution in [0.25, 0.3) is 0 Å². The van der Waals surface area contributed by atoms with Crippen LogP contribution in [0.2, 0.25) is 0 Å². The first-order chi connectivity index (χ1) is 13.7. The molecule has 6 nitrogen and oxygen atoms in total. The Hall–Kier alpha value is -2.21. The van der Waals surface area contributed by atoms with E-state index in [0.717, 1.165) is 24.8 Å². The number of aliphatic carboxylic acids is 1. The number of carboxylic acid groups (broad SMARTS) is 1. The number of carboxylic acids is 1. The fourth-order valence-corrected chi connectivity index (χ4v) is 3.96. The molecule has 6 atom stereocenters. The van der Waals surface area contributed by atoms with E-state index in [1.165, 1.54) is 6.08 Å². The molecule has 0 aromatic heterocycles. The van der Waals surface area contributed by atoms with Gasteiger partial charge in [0.05, 0.1) is 18.4 Å². The highest BCUT2D eigenvalue weighted by molar-refractivity contribution is 5.90. The Bertz CT molecular complexity index is 704. The third-order valence-electron chi connectivity index (χ3n) is 5.86. The van der Waals surface area contributed by atoms with Gasteiger partial charge < -0.3 is 14.9 Å². The lowest BCUT2D eigenvalue weighted by Gasteiger charge is -2.40. The molecule has 0 saturated heterocycles. The summed E-state index contributed by atoms with van der Waals surface area (Å²) < 4.78 is 5.87. The molecule has 0 saturated carbocycles. The van der Waals surface area contributed by atoms with E-state index in [-0.39, 0.29) is 47.9 Å². The number of hydrogen-bond donors (Lipinski definition) is 2. The summed E-state index contributed by atoms with van der Waals surface area (Å²) in [5, 5.41) is 18.4. The maximum absolute atomic E-state index is 12.4. The summed E-state index contributed by atoms with van der Waals surface area (Å²) in [6, 6.07) is 0. The van der Waals surface area contributed by atoms with Crippen LogP contribution in [0.15, 0.2) is 36.0 Å². The molecule has 6 heteroatoms. The van der Waals surface area contributed by atoms with Gasteiger partial charge in [0, 0.05) is 12.3 Å². The Balaban J connectivity index is 2.14. The van der Waals surface area contributed by atoms with Crippen LogP contribution in [0.4, 0.5) is 0 Å². The second kappa shape index (κ2) is 10.5. The highest BCUT2D eigenvalue weighted by Gasteiger charge is 2.39. The maximum atomic E-state index is 12.4. The van der Waals surface area contributed by atoms with Crippen LogP contribution in [0.1, 0.15) is 52.9 Å². The van der Waals surface area contributed by atoms with Crippen molar-refractivity contribution in [3.63, 3.8) is 0 Å². The van der Waals surface area contributed by atoms with E-state index < -0.39 is 18.5 Å². The zero-order valence-electron chi connectivity index (χ0n) is 17.4. The fourth-order valence-electron chi connectivity index (χ4n) is 3.96. The number of esters is 1. The number of aliphatic hydroxyl groups is 1. The van der Waals surface area contributed by atoms with Crippen LogP contribution < -0.4 is 0 Å². The monoisotopic (exact) mass is 404 g/mol. The van der Waals surface area contributed by atoms with E-state index in [1.807, 2.05) is 19.9 Å². The first-order valence-electron chi connectivity index (χ1n) is 10.4. The van der Waals surface area contributed by atoms with E-state index in [2.05, 4.69) is 25.2 Å². The molecule has 2 rings (SSSR count). The van der Waals surface area contributed by atoms with Gasteiger partial charge in [-0.05, 0) is 42.7 Å². The van der Waals surface area contributed by atoms with Crippen LogP contribution >= 0.6 is 0 Å². The number of hydrogen-bond acceptors (Lipinski definition) is 5. The molecule has 29 heavy (non-hydrogen) atoms. The smallest absolute Gasteiger partial charge is 0.308 e. The number of aliphatic hydroxyl groups excluding tert-OH is 1. The van der Waals surface area contributed by atoms with Gasteiger partial charge in [0.2, 0.25) is 0 Å². The van der Waals surface area contributed by atoms with Gasteiger partial charge in [-0.2, -0.15) is 0 Å². The highest BCUT2D eigenvalue weighted by Crippen LogP contribution is 2.42. The summed E-state index contributed by atoms with van der Waals surface area (Å²) >= 11 is 0. The molecule has 160 valence electrons. The predicted molar refractivity (Wildman–Crippen MR) is 109 cm³/mol. The van der Waals surface area contributed by atoms with Crippen molar-refractivity contribution in [2.75, 3.05) is 0 Å². The van der Waals surface area contributed by atoms with E-state index in [0.29, 0.717) is 0 Å². The molecule has 0 heterocycles. The summed E-state index contributed by atoms with van der Waals surface area (Å²) in [7, 11) is 0. The summed E-state index contributed by atoms with van der Waals surface area (Å²) in [5.41, 5.74) is 1.13. The number of fused-ring (bicyclic) bond motifs is 1. The fraction of sp³-hybridized carbons (Fsp3) is 0.609. The van der Waals surface area contributed by atoms with Crippen molar-refractivity contribution in [3.8, 4) is 0 Å². The second-order valence-corrected chi connectivity index (χ2v) is 8.17. The molecule has 2 N–H and O–H groups in total. The van der Waals surface area contributed by atoms with Gasteiger partial charge in [-0.15, -0.1) is 0 Å². The van der Waals surface area contributed by atoms with Gasteiger partial charge >= 0.3 is 11.9 Å². The average molecular weight is 405 g/mol. The zero-order chi connectivity index (χ0) is 21.6. The molecular formula is C23H32O6. The van der Waals surface area contributed by atoms with Gasteiger partial charge in [0.1, 0.15) is 6.10 Å². The zero-order valence-corrected chi connectivity index (χ0v) is 17.4. The van der Waals surface area contributed by atoms with Crippen molar-refractivity contribution in [1.29, 1.82) is 0 Å². The van der Waals surface area contributed by atoms with Crippen molar-refractivity contribution in [2.24, 2.45) is 23.7 Å². The normalized spacial score (nSPS) is 28.3. The van der Waals surface area contributed by atoms with Gasteiger partial charge in [0.15, 0.2) is 5.78 Å². The number of ether oxygens (including phenoxy) is 1. The lowest BCUT2D eigenvalue weighted by atomic mass is 9.68. The first kappa shape index (κ1) is 23.1. The quantitative estimate of drug-likeness (QED) is 0.451. The Labute approximate surface area is 172 Å². The van der Waals surface area contributed by atoms with E-state index >= 15 is 0 Å². The van der Waals surface area contributed by atoms with Gasteiger partial charge in [-0.1, -0.05) is 45.1 Å². The Morgan fingerprint density at radius 3 is 2.69 bits per heavy atom. The number of allylic oxidation sites excluding steroid dienone is 5. The third kappa shape index (κ3) is 6.39. The summed E-state index contributed by atoms with van der Waals surface area (Å²) in [5.74, 6) is -1.64.